The number of esters is 1. The van der Waals surface area contributed by atoms with E-state index in [4.69, 9.17) is 15.2 Å². The van der Waals surface area contributed by atoms with Gasteiger partial charge in [-0.05, 0) is 44.7 Å². The molecular formula is C19H30N6O4. The summed E-state index contributed by atoms with van der Waals surface area (Å²) in [5.41, 5.74) is 6.68. The molecule has 0 aliphatic carbocycles. The molecule has 1 saturated heterocycles. The molecule has 1 fully saturated rings. The summed E-state index contributed by atoms with van der Waals surface area (Å²) in [6, 6.07) is 0.201. The number of imidazole rings is 1. The number of nitrogen functional groups attached to an aromatic ring is 1. The van der Waals surface area contributed by atoms with Crippen LogP contribution in [-0.4, -0.2) is 63.7 Å². The summed E-state index contributed by atoms with van der Waals surface area (Å²) < 4.78 is 11.9. The molecule has 0 aromatic carbocycles. The van der Waals surface area contributed by atoms with E-state index in [1.807, 2.05) is 0 Å². The number of likely N-dealkylation sites (tertiary alicyclic amines) is 1. The minimum atomic E-state index is -0.241. The van der Waals surface area contributed by atoms with E-state index in [-0.39, 0.29) is 23.5 Å². The third-order valence-electron chi connectivity index (χ3n) is 5.41. The van der Waals surface area contributed by atoms with Gasteiger partial charge in [-0.25, -0.2) is 4.79 Å². The van der Waals surface area contributed by atoms with Crippen LogP contribution < -0.4 is 16.2 Å². The van der Waals surface area contributed by atoms with Gasteiger partial charge in [-0.1, -0.05) is 13.3 Å². The summed E-state index contributed by atoms with van der Waals surface area (Å²) in [6.07, 6.45) is 4.73. The highest BCUT2D eigenvalue weighted by Crippen LogP contribution is 2.23. The van der Waals surface area contributed by atoms with Crippen molar-refractivity contribution in [2.45, 2.75) is 45.6 Å². The Hall–Kier alpha value is -2.62. The van der Waals surface area contributed by atoms with E-state index in [1.54, 1.807) is 4.57 Å². The number of anilines is 1. The molecule has 3 heterocycles. The van der Waals surface area contributed by atoms with Gasteiger partial charge in [0.05, 0.1) is 20.3 Å². The third kappa shape index (κ3) is 5.26. The third-order valence-corrected chi connectivity index (χ3v) is 5.41. The van der Waals surface area contributed by atoms with E-state index < -0.39 is 0 Å². The molecule has 1 aliphatic heterocycles. The lowest BCUT2D eigenvalue weighted by molar-refractivity contribution is -0.142. The highest BCUT2D eigenvalue weighted by atomic mass is 16.5. The fourth-order valence-electron chi connectivity index (χ4n) is 3.60. The van der Waals surface area contributed by atoms with E-state index in [0.29, 0.717) is 36.8 Å². The zero-order valence-corrected chi connectivity index (χ0v) is 17.1. The van der Waals surface area contributed by atoms with Gasteiger partial charge in [-0.3, -0.25) is 14.3 Å². The van der Waals surface area contributed by atoms with Crippen molar-refractivity contribution in [1.82, 2.24) is 24.4 Å². The summed E-state index contributed by atoms with van der Waals surface area (Å²) in [6.45, 7) is 5.18. The Kier molecular flexibility index (Phi) is 7.08. The Bertz CT molecular complexity index is 885. The van der Waals surface area contributed by atoms with E-state index in [0.717, 1.165) is 45.2 Å². The number of hydrogen-bond donors (Lipinski definition) is 2. The largest absolute Gasteiger partial charge is 0.468 e. The van der Waals surface area contributed by atoms with Crippen LogP contribution in [0.5, 0.6) is 6.01 Å². The molecule has 0 amide bonds. The van der Waals surface area contributed by atoms with Crippen molar-refractivity contribution in [3.63, 3.8) is 0 Å². The quantitative estimate of drug-likeness (QED) is 0.469. The molecule has 0 unspecified atom stereocenters. The number of methoxy groups -OCH3 is 1. The number of rotatable bonds is 9. The molecule has 0 radical (unpaired) electrons. The number of unbranched alkanes of at least 4 members (excludes halogenated alkanes) is 1. The highest BCUT2D eigenvalue weighted by Gasteiger charge is 2.22. The predicted molar refractivity (Wildman–Crippen MR) is 109 cm³/mol. The number of aryl methyl sites for hydroxylation is 1. The van der Waals surface area contributed by atoms with Crippen molar-refractivity contribution >= 4 is 23.0 Å². The Morgan fingerprint density at radius 1 is 1.31 bits per heavy atom. The summed E-state index contributed by atoms with van der Waals surface area (Å²) >= 11 is 0. The molecule has 0 saturated carbocycles. The summed E-state index contributed by atoms with van der Waals surface area (Å²) in [5, 5.41) is 0. The molecule has 0 bridgehead atoms. The summed E-state index contributed by atoms with van der Waals surface area (Å²) in [4.78, 5) is 37.2. The first kappa shape index (κ1) is 21.1. The topological polar surface area (TPSA) is 128 Å². The van der Waals surface area contributed by atoms with Crippen LogP contribution in [-0.2, 0) is 16.1 Å². The molecule has 3 rings (SSSR count). The van der Waals surface area contributed by atoms with Gasteiger partial charge in [0.1, 0.15) is 5.52 Å². The molecule has 0 atom stereocenters. The number of carbonyl (C=O) groups excluding carboxylic acids is 1. The second-order valence-corrected chi connectivity index (χ2v) is 7.46. The van der Waals surface area contributed by atoms with Crippen molar-refractivity contribution in [3.8, 4) is 6.01 Å². The highest BCUT2D eigenvalue weighted by molar-refractivity contribution is 5.81. The number of nitrogens with zero attached hydrogens (tertiary/aromatic N) is 4. The number of H-pyrrole nitrogens is 1. The standard InChI is InChI=1S/C19H30N6O4/c1-3-4-11-29-18-22-16(20)15-17(23-18)25(19(27)21-15)10-7-13-5-8-24(9-6-13)12-14(26)28-2/h13H,3-12H2,1-2H3,(H,21,27)(H2,20,22,23). The van der Waals surface area contributed by atoms with Crippen LogP contribution in [0.1, 0.15) is 39.0 Å². The average Bonchev–Trinajstić information content (AvgIpc) is 3.03. The maximum Gasteiger partial charge on any atom is 0.327 e. The van der Waals surface area contributed by atoms with Crippen molar-refractivity contribution in [2.75, 3.05) is 39.1 Å². The van der Waals surface area contributed by atoms with Crippen LogP contribution in [0.2, 0.25) is 0 Å². The van der Waals surface area contributed by atoms with Crippen molar-refractivity contribution in [2.24, 2.45) is 5.92 Å². The number of aromatic nitrogens is 4. The number of aromatic amines is 1. The molecule has 2 aromatic heterocycles. The number of piperidine rings is 1. The number of hydrogen-bond acceptors (Lipinski definition) is 8. The minimum absolute atomic E-state index is 0.201. The second kappa shape index (κ2) is 9.73. The van der Waals surface area contributed by atoms with Gasteiger partial charge < -0.3 is 20.2 Å². The monoisotopic (exact) mass is 406 g/mol. The molecule has 3 N–H and O–H groups in total. The van der Waals surface area contributed by atoms with Crippen LogP contribution in [0.3, 0.4) is 0 Å². The number of nitrogens with one attached hydrogen (secondary N) is 1. The van der Waals surface area contributed by atoms with Gasteiger partial charge in [-0.15, -0.1) is 0 Å². The maximum absolute atomic E-state index is 12.4. The van der Waals surface area contributed by atoms with Gasteiger partial charge in [0.15, 0.2) is 11.5 Å². The Morgan fingerprint density at radius 3 is 2.76 bits per heavy atom. The zero-order chi connectivity index (χ0) is 20.8. The van der Waals surface area contributed by atoms with Crippen LogP contribution in [0.25, 0.3) is 11.2 Å². The molecule has 0 spiro atoms. The fraction of sp³-hybridized carbons (Fsp3) is 0.684. The molecule has 1 aliphatic rings. The Labute approximate surface area is 169 Å². The smallest absolute Gasteiger partial charge is 0.327 e. The first-order valence-corrected chi connectivity index (χ1v) is 10.2. The van der Waals surface area contributed by atoms with Crippen molar-refractivity contribution in [1.29, 1.82) is 0 Å². The number of fused-ring (bicyclic) bond motifs is 1. The number of ether oxygens (including phenoxy) is 2. The zero-order valence-electron chi connectivity index (χ0n) is 17.1. The Balaban J connectivity index is 1.63. The van der Waals surface area contributed by atoms with Gasteiger partial charge in [0.2, 0.25) is 0 Å². The normalized spacial score (nSPS) is 15.7. The number of nitrogens with two attached hydrogens (primary N) is 1. The summed E-state index contributed by atoms with van der Waals surface area (Å²) in [5.74, 6) is 0.497. The molecule has 10 heteroatoms. The lowest BCUT2D eigenvalue weighted by Crippen LogP contribution is -2.38. The first-order valence-electron chi connectivity index (χ1n) is 10.2. The summed E-state index contributed by atoms with van der Waals surface area (Å²) in [7, 11) is 1.41. The minimum Gasteiger partial charge on any atom is -0.468 e. The van der Waals surface area contributed by atoms with Crippen molar-refractivity contribution < 1.29 is 14.3 Å². The lowest BCUT2D eigenvalue weighted by atomic mass is 9.93. The molecular weight excluding hydrogens is 376 g/mol. The van der Waals surface area contributed by atoms with E-state index in [1.165, 1.54) is 7.11 Å². The van der Waals surface area contributed by atoms with Gasteiger partial charge in [0.25, 0.3) is 0 Å². The predicted octanol–water partition coefficient (Wildman–Crippen LogP) is 1.16. The SMILES string of the molecule is CCCCOc1nc(N)c2[nH]c(=O)n(CCC3CCN(CC(=O)OC)CC3)c2n1. The van der Waals surface area contributed by atoms with Gasteiger partial charge >= 0.3 is 17.7 Å². The Morgan fingerprint density at radius 2 is 2.07 bits per heavy atom. The molecule has 29 heavy (non-hydrogen) atoms. The van der Waals surface area contributed by atoms with Crippen LogP contribution >= 0.6 is 0 Å². The second-order valence-electron chi connectivity index (χ2n) is 7.46. The van der Waals surface area contributed by atoms with E-state index >= 15 is 0 Å². The molecule has 160 valence electrons. The van der Waals surface area contributed by atoms with Crippen LogP contribution in [0, 0.1) is 5.92 Å². The molecule has 10 nitrogen and oxygen atoms in total. The fourth-order valence-corrected chi connectivity index (χ4v) is 3.60. The lowest BCUT2D eigenvalue weighted by Gasteiger charge is -2.31. The first-order chi connectivity index (χ1) is 14.0. The van der Waals surface area contributed by atoms with E-state index in [9.17, 15) is 9.59 Å². The average molecular weight is 406 g/mol. The van der Waals surface area contributed by atoms with Gasteiger partial charge in [-0.2, -0.15) is 9.97 Å². The van der Waals surface area contributed by atoms with Crippen LogP contribution in [0.15, 0.2) is 4.79 Å². The number of carbonyl (C=O) groups is 1. The van der Waals surface area contributed by atoms with Crippen molar-refractivity contribution in [3.05, 3.63) is 10.5 Å². The van der Waals surface area contributed by atoms with E-state index in [2.05, 4.69) is 26.8 Å². The maximum atomic E-state index is 12.4. The molecule has 2 aromatic rings. The van der Waals surface area contributed by atoms with Gasteiger partial charge in [0, 0.05) is 6.54 Å². The van der Waals surface area contributed by atoms with Crippen LogP contribution in [0.4, 0.5) is 5.82 Å².